The van der Waals surface area contributed by atoms with Crippen molar-refractivity contribution in [2.75, 3.05) is 12.0 Å². The van der Waals surface area contributed by atoms with Crippen LogP contribution in [-0.4, -0.2) is 22.7 Å². The fourth-order valence-corrected chi connectivity index (χ4v) is 3.27. The molecule has 2 aromatic rings. The summed E-state index contributed by atoms with van der Waals surface area (Å²) in [5.41, 5.74) is 4.04. The van der Waals surface area contributed by atoms with Crippen molar-refractivity contribution in [3.63, 3.8) is 0 Å². The van der Waals surface area contributed by atoms with Gasteiger partial charge in [-0.25, -0.2) is 0 Å². The van der Waals surface area contributed by atoms with E-state index in [4.69, 9.17) is 0 Å². The molecule has 0 atom stereocenters. The number of nitrogens with one attached hydrogen (secondary N) is 1. The fourth-order valence-electron chi connectivity index (χ4n) is 2.43. The zero-order valence-corrected chi connectivity index (χ0v) is 14.4. The van der Waals surface area contributed by atoms with E-state index >= 15 is 0 Å². The molecule has 1 aliphatic rings. The molecule has 0 bridgehead atoms. The number of aryl methyl sites for hydroxylation is 2. The Morgan fingerprint density at radius 3 is 2.58 bits per heavy atom. The average Bonchev–Trinajstić information content (AvgIpc) is 2.83. The number of amides is 2. The van der Waals surface area contributed by atoms with E-state index in [2.05, 4.69) is 5.32 Å². The van der Waals surface area contributed by atoms with Crippen LogP contribution >= 0.6 is 11.8 Å². The molecule has 1 N–H and O–H groups in total. The van der Waals surface area contributed by atoms with E-state index in [9.17, 15) is 9.59 Å². The summed E-state index contributed by atoms with van der Waals surface area (Å²) in [6, 6.07) is 15.6. The van der Waals surface area contributed by atoms with Gasteiger partial charge in [-0.05, 0) is 54.4 Å². The number of carbonyl (C=O) groups is 2. The molecule has 5 heteroatoms. The van der Waals surface area contributed by atoms with Gasteiger partial charge in [-0.15, -0.1) is 0 Å². The summed E-state index contributed by atoms with van der Waals surface area (Å²) in [4.78, 5) is 26.3. The lowest BCUT2D eigenvalue weighted by molar-refractivity contribution is -0.122. The van der Waals surface area contributed by atoms with E-state index in [0.717, 1.165) is 34.1 Å². The van der Waals surface area contributed by atoms with Crippen LogP contribution in [0, 0.1) is 13.8 Å². The maximum atomic E-state index is 12.5. The highest BCUT2D eigenvalue weighted by Crippen LogP contribution is 2.32. The van der Waals surface area contributed by atoms with Crippen molar-refractivity contribution in [3.05, 3.63) is 70.1 Å². The molecule has 1 aliphatic heterocycles. The summed E-state index contributed by atoms with van der Waals surface area (Å²) in [6.07, 6.45) is 1.75. The predicted octanol–water partition coefficient (Wildman–Crippen LogP) is 4.41. The van der Waals surface area contributed by atoms with Crippen molar-refractivity contribution in [1.29, 1.82) is 0 Å². The molecule has 1 fully saturated rings. The molecule has 4 nitrogen and oxygen atoms in total. The number of rotatable bonds is 4. The van der Waals surface area contributed by atoms with Crippen molar-refractivity contribution >= 4 is 34.7 Å². The Labute approximate surface area is 145 Å². The Morgan fingerprint density at radius 1 is 1.08 bits per heavy atom. The van der Waals surface area contributed by atoms with Crippen LogP contribution < -0.4 is 5.32 Å². The number of imide groups is 1. The largest absolute Gasteiger partial charge is 0.367 e. The number of hydrogen-bond donors (Lipinski definition) is 1. The monoisotopic (exact) mass is 338 g/mol. The van der Waals surface area contributed by atoms with Crippen LogP contribution in [0.15, 0.2) is 53.4 Å². The second-order valence-electron chi connectivity index (χ2n) is 5.67. The molecular formula is C19H18N2O2S. The van der Waals surface area contributed by atoms with Gasteiger partial charge in [0.2, 0.25) is 0 Å². The molecule has 2 amide bonds. The number of carbonyl (C=O) groups excluding carboxylic acids is 2. The molecule has 3 rings (SSSR count). The van der Waals surface area contributed by atoms with Gasteiger partial charge in [-0.3, -0.25) is 14.5 Å². The minimum absolute atomic E-state index is 0.168. The van der Waals surface area contributed by atoms with E-state index in [1.807, 2.05) is 62.4 Å². The molecule has 122 valence electrons. The number of hydrogen-bond acceptors (Lipinski definition) is 4. The Morgan fingerprint density at radius 2 is 1.83 bits per heavy atom. The lowest BCUT2D eigenvalue weighted by Gasteiger charge is -2.16. The second kappa shape index (κ2) is 6.93. The molecule has 0 unspecified atom stereocenters. The summed E-state index contributed by atoms with van der Waals surface area (Å²) in [5, 5.41) is 2.93. The summed E-state index contributed by atoms with van der Waals surface area (Å²) in [5.74, 6) is -0.258. The normalized spacial score (nSPS) is 16.1. The fraction of sp³-hybridized carbons (Fsp3) is 0.158. The highest BCUT2D eigenvalue weighted by Gasteiger charge is 2.34. The van der Waals surface area contributed by atoms with Gasteiger partial charge in [-0.1, -0.05) is 42.5 Å². The van der Waals surface area contributed by atoms with Gasteiger partial charge < -0.3 is 5.32 Å². The third kappa shape index (κ3) is 3.51. The van der Waals surface area contributed by atoms with Gasteiger partial charge in [0.15, 0.2) is 0 Å². The summed E-state index contributed by atoms with van der Waals surface area (Å²) in [6.45, 7) is 4.17. The molecule has 24 heavy (non-hydrogen) atoms. The predicted molar refractivity (Wildman–Crippen MR) is 98.7 cm³/mol. The van der Waals surface area contributed by atoms with Gasteiger partial charge in [0.1, 0.15) is 0 Å². The lowest BCUT2D eigenvalue weighted by atomic mass is 10.1. The lowest BCUT2D eigenvalue weighted by Crippen LogP contribution is -2.33. The molecular weight excluding hydrogens is 320 g/mol. The third-order valence-electron chi connectivity index (χ3n) is 3.79. The topological polar surface area (TPSA) is 49.4 Å². The maximum Gasteiger partial charge on any atom is 0.295 e. The molecule has 1 saturated heterocycles. The summed E-state index contributed by atoms with van der Waals surface area (Å²) >= 11 is 0.978. The first kappa shape index (κ1) is 16.3. The third-order valence-corrected chi connectivity index (χ3v) is 4.70. The average molecular weight is 338 g/mol. The van der Waals surface area contributed by atoms with Crippen LogP contribution in [0.3, 0.4) is 0 Å². The number of anilines is 1. The van der Waals surface area contributed by atoms with E-state index in [1.54, 1.807) is 6.08 Å². The van der Waals surface area contributed by atoms with Gasteiger partial charge >= 0.3 is 0 Å². The van der Waals surface area contributed by atoms with E-state index in [0.29, 0.717) is 4.91 Å². The molecule has 0 aliphatic carbocycles. The maximum absolute atomic E-state index is 12.5. The Balaban J connectivity index is 1.73. The zero-order valence-electron chi connectivity index (χ0n) is 13.6. The Bertz CT molecular complexity index is 815. The quantitative estimate of drug-likeness (QED) is 0.839. The van der Waals surface area contributed by atoms with Gasteiger partial charge in [0.25, 0.3) is 11.1 Å². The van der Waals surface area contributed by atoms with Crippen LogP contribution in [0.5, 0.6) is 0 Å². The molecule has 0 radical (unpaired) electrons. The second-order valence-corrected chi connectivity index (χ2v) is 6.67. The molecule has 0 aromatic heterocycles. The van der Waals surface area contributed by atoms with Crippen molar-refractivity contribution < 1.29 is 9.59 Å². The molecule has 1 heterocycles. The standard InChI is InChI=1S/C19H18N2O2S/c1-13-8-9-14(2)16(10-13)20-12-21-18(22)17(24-19(21)23)11-15-6-4-3-5-7-15/h3-11,20H,12H2,1-2H3/b17-11-. The van der Waals surface area contributed by atoms with Crippen molar-refractivity contribution in [1.82, 2.24) is 4.90 Å². The van der Waals surface area contributed by atoms with Crippen molar-refractivity contribution in [2.45, 2.75) is 13.8 Å². The first-order chi connectivity index (χ1) is 11.5. The zero-order chi connectivity index (χ0) is 17.1. The van der Waals surface area contributed by atoms with Gasteiger partial charge in [-0.2, -0.15) is 0 Å². The highest BCUT2D eigenvalue weighted by molar-refractivity contribution is 8.18. The number of nitrogens with zero attached hydrogens (tertiary/aromatic N) is 1. The number of benzene rings is 2. The Kier molecular flexibility index (Phi) is 4.71. The highest BCUT2D eigenvalue weighted by atomic mass is 32.2. The van der Waals surface area contributed by atoms with E-state index in [-0.39, 0.29) is 17.8 Å². The molecule has 0 saturated carbocycles. The Hall–Kier alpha value is -2.53. The van der Waals surface area contributed by atoms with E-state index < -0.39 is 0 Å². The minimum Gasteiger partial charge on any atom is -0.367 e. The minimum atomic E-state index is -0.258. The number of thioether (sulfide) groups is 1. The van der Waals surface area contributed by atoms with Crippen molar-refractivity contribution in [2.24, 2.45) is 0 Å². The smallest absolute Gasteiger partial charge is 0.295 e. The van der Waals surface area contributed by atoms with Gasteiger partial charge in [0, 0.05) is 5.69 Å². The summed E-state index contributed by atoms with van der Waals surface area (Å²) < 4.78 is 0. The SMILES string of the molecule is Cc1ccc(C)c(NCN2C(=O)S/C(=C\c3ccccc3)C2=O)c1. The molecule has 0 spiro atoms. The van der Waals surface area contributed by atoms with E-state index in [1.165, 1.54) is 4.90 Å². The van der Waals surface area contributed by atoms with Crippen molar-refractivity contribution in [3.8, 4) is 0 Å². The molecule has 2 aromatic carbocycles. The summed E-state index contributed by atoms with van der Waals surface area (Å²) in [7, 11) is 0. The van der Waals surface area contributed by atoms with Crippen LogP contribution in [0.2, 0.25) is 0 Å². The van der Waals surface area contributed by atoms with Crippen LogP contribution in [-0.2, 0) is 4.79 Å². The van der Waals surface area contributed by atoms with Crippen LogP contribution in [0.4, 0.5) is 10.5 Å². The van der Waals surface area contributed by atoms with Crippen LogP contribution in [0.25, 0.3) is 6.08 Å². The first-order valence-electron chi connectivity index (χ1n) is 7.66. The van der Waals surface area contributed by atoms with Crippen LogP contribution in [0.1, 0.15) is 16.7 Å². The first-order valence-corrected chi connectivity index (χ1v) is 8.48. The van der Waals surface area contributed by atoms with Gasteiger partial charge in [0.05, 0.1) is 11.6 Å².